The van der Waals surface area contributed by atoms with Crippen LogP contribution in [0, 0.1) is 0 Å². The third kappa shape index (κ3) is 6.36. The Balaban J connectivity index is 0.00000190. The van der Waals surface area contributed by atoms with Crippen LogP contribution in [0.25, 0.3) is 17.5 Å². The first kappa shape index (κ1) is 23.1. The minimum absolute atomic E-state index is 0.0184. The second-order valence-corrected chi connectivity index (χ2v) is 4.96. The van der Waals surface area contributed by atoms with Gasteiger partial charge in [-0.25, -0.2) is 14.8 Å². The Hall–Kier alpha value is -2.91. The fourth-order valence-electron chi connectivity index (χ4n) is 1.91. The molecule has 0 amide bonds. The van der Waals surface area contributed by atoms with E-state index in [1.54, 1.807) is 0 Å². The zero-order valence-electron chi connectivity index (χ0n) is 15.0. The van der Waals surface area contributed by atoms with Crippen LogP contribution in [-0.4, -0.2) is 23.0 Å². The van der Waals surface area contributed by atoms with Crippen LogP contribution in [0.3, 0.4) is 0 Å². The van der Waals surface area contributed by atoms with Crippen molar-refractivity contribution >= 4 is 12.0 Å². The quantitative estimate of drug-likeness (QED) is 0.389. The van der Waals surface area contributed by atoms with Gasteiger partial charge in [0.05, 0.1) is 23.9 Å². The van der Waals surface area contributed by atoms with Crippen molar-refractivity contribution in [3.63, 3.8) is 0 Å². The van der Waals surface area contributed by atoms with Gasteiger partial charge >= 0.3 is 18.3 Å². The van der Waals surface area contributed by atoms with Crippen LogP contribution < -0.4 is 0 Å². The van der Waals surface area contributed by atoms with Gasteiger partial charge in [0.15, 0.2) is 5.82 Å². The average molecular weight is 406 g/mol. The van der Waals surface area contributed by atoms with Crippen molar-refractivity contribution in [2.75, 3.05) is 7.11 Å². The topological polar surface area (TPSA) is 52.1 Å². The number of ether oxygens (including phenoxy) is 1. The van der Waals surface area contributed by atoms with Gasteiger partial charge in [-0.3, -0.25) is 0 Å². The molecule has 0 saturated heterocycles. The van der Waals surface area contributed by atoms with Crippen LogP contribution in [0.5, 0.6) is 0 Å². The van der Waals surface area contributed by atoms with Crippen molar-refractivity contribution in [2.45, 2.75) is 26.2 Å². The second-order valence-electron chi connectivity index (χ2n) is 4.96. The van der Waals surface area contributed by atoms with Gasteiger partial charge in [-0.05, 0) is 30.3 Å². The highest BCUT2D eigenvalue weighted by atomic mass is 19.4. The highest BCUT2D eigenvalue weighted by Crippen LogP contribution is 2.38. The SMILES string of the molecule is CC.COC(=O)/C=C\c1ccnc(-c2cc(C(F)(F)F)cc(C(F)(F)F)c2)n1. The minimum atomic E-state index is -4.97. The molecule has 28 heavy (non-hydrogen) atoms. The molecular formula is C18H16F6N2O2. The van der Waals surface area contributed by atoms with E-state index >= 15 is 0 Å². The molecule has 0 radical (unpaired) electrons. The highest BCUT2D eigenvalue weighted by Gasteiger charge is 2.37. The summed E-state index contributed by atoms with van der Waals surface area (Å²) >= 11 is 0. The Kier molecular flexibility index (Phi) is 7.71. The summed E-state index contributed by atoms with van der Waals surface area (Å²) in [5, 5.41) is 0. The lowest BCUT2D eigenvalue weighted by Gasteiger charge is -2.13. The summed E-state index contributed by atoms with van der Waals surface area (Å²) < 4.78 is 81.8. The van der Waals surface area contributed by atoms with Crippen LogP contribution in [-0.2, 0) is 21.9 Å². The molecule has 10 heteroatoms. The normalized spacial score (nSPS) is 11.8. The van der Waals surface area contributed by atoms with Gasteiger partial charge in [-0.15, -0.1) is 0 Å². The van der Waals surface area contributed by atoms with Crippen molar-refractivity contribution in [1.29, 1.82) is 0 Å². The van der Waals surface area contributed by atoms with E-state index in [2.05, 4.69) is 14.7 Å². The highest BCUT2D eigenvalue weighted by molar-refractivity contribution is 5.86. The molecule has 0 bridgehead atoms. The fraction of sp³-hybridized carbons (Fsp3) is 0.278. The Morgan fingerprint density at radius 2 is 1.54 bits per heavy atom. The fourth-order valence-corrected chi connectivity index (χ4v) is 1.91. The molecule has 1 aromatic heterocycles. The molecule has 0 aliphatic rings. The zero-order valence-corrected chi connectivity index (χ0v) is 15.0. The van der Waals surface area contributed by atoms with Gasteiger partial charge in [0.1, 0.15) is 0 Å². The molecular weight excluding hydrogens is 390 g/mol. The van der Waals surface area contributed by atoms with Crippen molar-refractivity contribution in [1.82, 2.24) is 9.97 Å². The number of carbonyl (C=O) groups excluding carboxylic acids is 1. The monoisotopic (exact) mass is 406 g/mol. The summed E-state index contributed by atoms with van der Waals surface area (Å²) in [7, 11) is 1.14. The molecule has 0 N–H and O–H groups in total. The second kappa shape index (κ2) is 9.34. The Bertz CT molecular complexity index is 812. The predicted octanol–water partition coefficient (Wildman–Crippen LogP) is 5.39. The van der Waals surface area contributed by atoms with Crippen LogP contribution in [0.1, 0.15) is 30.7 Å². The zero-order chi connectivity index (χ0) is 21.5. The lowest BCUT2D eigenvalue weighted by Crippen LogP contribution is -2.11. The molecule has 1 aromatic carbocycles. The smallest absolute Gasteiger partial charge is 0.416 e. The minimum Gasteiger partial charge on any atom is -0.466 e. The molecule has 0 saturated carbocycles. The first-order valence-corrected chi connectivity index (χ1v) is 7.89. The number of rotatable bonds is 3. The van der Waals surface area contributed by atoms with E-state index in [1.807, 2.05) is 13.8 Å². The number of alkyl halides is 6. The maximum atomic E-state index is 12.9. The van der Waals surface area contributed by atoms with Crippen LogP contribution >= 0.6 is 0 Å². The van der Waals surface area contributed by atoms with Crippen molar-refractivity contribution in [3.05, 3.63) is 53.4 Å². The summed E-state index contributed by atoms with van der Waals surface area (Å²) in [6.07, 6.45) is -6.61. The number of hydrogen-bond donors (Lipinski definition) is 0. The van der Waals surface area contributed by atoms with Crippen molar-refractivity contribution < 1.29 is 35.9 Å². The molecule has 2 rings (SSSR count). The Morgan fingerprint density at radius 3 is 2.00 bits per heavy atom. The van der Waals surface area contributed by atoms with E-state index in [4.69, 9.17) is 0 Å². The molecule has 0 fully saturated rings. The third-order valence-corrected chi connectivity index (χ3v) is 3.11. The number of carbonyl (C=O) groups is 1. The molecule has 0 unspecified atom stereocenters. The van der Waals surface area contributed by atoms with E-state index in [9.17, 15) is 31.1 Å². The number of nitrogens with zero attached hydrogens (tertiary/aromatic N) is 2. The summed E-state index contributed by atoms with van der Waals surface area (Å²) in [6.45, 7) is 4.00. The molecule has 152 valence electrons. The Morgan fingerprint density at radius 1 is 1.00 bits per heavy atom. The first-order valence-electron chi connectivity index (χ1n) is 7.89. The van der Waals surface area contributed by atoms with Gasteiger partial charge in [-0.2, -0.15) is 26.3 Å². The number of methoxy groups -OCH3 is 1. The maximum absolute atomic E-state index is 12.9. The standard InChI is InChI=1S/C16H10F6N2O2.C2H6/c1-26-13(25)3-2-12-4-5-23-14(24-12)9-6-10(15(17,18)19)8-11(7-9)16(20,21)22;1-2/h2-8H,1H3;1-2H3/b3-2-;. The Labute approximate surface area is 156 Å². The molecule has 2 aromatic rings. The summed E-state index contributed by atoms with van der Waals surface area (Å²) in [5.74, 6) is -1.06. The number of hydrogen-bond acceptors (Lipinski definition) is 4. The molecule has 0 aliphatic carbocycles. The van der Waals surface area contributed by atoms with Crippen molar-refractivity contribution in [3.8, 4) is 11.4 Å². The lowest BCUT2D eigenvalue weighted by molar-refractivity contribution is -0.143. The first-order chi connectivity index (χ1) is 13.0. The molecule has 0 aliphatic heterocycles. The van der Waals surface area contributed by atoms with E-state index in [0.717, 1.165) is 19.4 Å². The number of esters is 1. The maximum Gasteiger partial charge on any atom is 0.416 e. The predicted molar refractivity (Wildman–Crippen MR) is 89.9 cm³/mol. The summed E-state index contributed by atoms with van der Waals surface area (Å²) in [6, 6.07) is 2.39. The number of benzene rings is 1. The van der Waals surface area contributed by atoms with Gasteiger partial charge in [0.2, 0.25) is 0 Å². The average Bonchev–Trinajstić information content (AvgIpc) is 2.66. The molecule has 1 heterocycles. The van der Waals surface area contributed by atoms with E-state index in [0.29, 0.717) is 12.1 Å². The molecule has 0 spiro atoms. The van der Waals surface area contributed by atoms with E-state index in [1.165, 1.54) is 12.1 Å². The van der Waals surface area contributed by atoms with Gasteiger partial charge in [0.25, 0.3) is 0 Å². The lowest BCUT2D eigenvalue weighted by atomic mass is 10.0. The number of aromatic nitrogens is 2. The van der Waals surface area contributed by atoms with Crippen molar-refractivity contribution in [2.24, 2.45) is 0 Å². The van der Waals surface area contributed by atoms with E-state index in [-0.39, 0.29) is 17.6 Å². The summed E-state index contributed by atoms with van der Waals surface area (Å²) in [4.78, 5) is 18.6. The molecule has 0 atom stereocenters. The van der Waals surface area contributed by atoms with E-state index < -0.39 is 35.0 Å². The van der Waals surface area contributed by atoms with Gasteiger partial charge in [-0.1, -0.05) is 13.8 Å². The van der Waals surface area contributed by atoms with Gasteiger partial charge in [0, 0.05) is 17.8 Å². The molecule has 4 nitrogen and oxygen atoms in total. The largest absolute Gasteiger partial charge is 0.466 e. The summed E-state index contributed by atoms with van der Waals surface area (Å²) in [5.41, 5.74) is -3.30. The third-order valence-electron chi connectivity index (χ3n) is 3.11. The number of halogens is 6. The van der Waals surface area contributed by atoms with Crippen LogP contribution in [0.4, 0.5) is 26.3 Å². The van der Waals surface area contributed by atoms with Gasteiger partial charge < -0.3 is 4.74 Å². The van der Waals surface area contributed by atoms with Crippen LogP contribution in [0.15, 0.2) is 36.5 Å². The van der Waals surface area contributed by atoms with Crippen LogP contribution in [0.2, 0.25) is 0 Å².